The summed E-state index contributed by atoms with van der Waals surface area (Å²) in [6.45, 7) is 2.26. The molecule has 1 aliphatic rings. The molecule has 1 atom stereocenters. The van der Waals surface area contributed by atoms with Gasteiger partial charge < -0.3 is 30.3 Å². The fourth-order valence-corrected chi connectivity index (χ4v) is 3.58. The quantitative estimate of drug-likeness (QED) is 0.314. The van der Waals surface area contributed by atoms with Crippen molar-refractivity contribution < 1.29 is 19.1 Å². The molecule has 0 aliphatic carbocycles. The largest absolute Gasteiger partial charge is 0.460 e. The van der Waals surface area contributed by atoms with Gasteiger partial charge in [-0.1, -0.05) is 12.1 Å². The summed E-state index contributed by atoms with van der Waals surface area (Å²) in [5.74, 6) is -0.453. The number of ether oxygens (including phenoxy) is 2. The first-order valence-corrected chi connectivity index (χ1v) is 10.8. The molecule has 0 bridgehead atoms. The standard InChI is InChI=1S/C24H25N5O4S/c1-15-20(22(30)33-13-12-32-3)21(28-24(34)29(15)2)17-6-10-19(11-7-17)27-23(31)26-18-8-4-16(14-25)5-9-18/h4-11,21H,12-13H2,1-3H3,(H,28,34)(H2,26,27,31). The Balaban J connectivity index is 1.73. The SMILES string of the molecule is COCCOC(=O)C1=C(C)N(C)C(=S)NC1c1ccc(NC(=O)Nc2ccc(C#N)cc2)cc1. The second-order valence-corrected chi connectivity index (χ2v) is 7.85. The van der Waals surface area contributed by atoms with E-state index in [1.807, 2.05) is 13.0 Å². The molecular formula is C24H25N5O4S. The molecule has 176 valence electrons. The Morgan fingerprint density at radius 1 is 1.09 bits per heavy atom. The van der Waals surface area contributed by atoms with Gasteiger partial charge in [-0.2, -0.15) is 5.26 Å². The van der Waals surface area contributed by atoms with Gasteiger partial charge in [-0.25, -0.2) is 9.59 Å². The maximum absolute atomic E-state index is 12.8. The highest BCUT2D eigenvalue weighted by Gasteiger charge is 2.33. The summed E-state index contributed by atoms with van der Waals surface area (Å²) >= 11 is 5.41. The lowest BCUT2D eigenvalue weighted by atomic mass is 9.95. The summed E-state index contributed by atoms with van der Waals surface area (Å²) in [6, 6.07) is 14.7. The summed E-state index contributed by atoms with van der Waals surface area (Å²) < 4.78 is 10.3. The molecule has 34 heavy (non-hydrogen) atoms. The van der Waals surface area contributed by atoms with Crippen LogP contribution < -0.4 is 16.0 Å². The maximum Gasteiger partial charge on any atom is 0.338 e. The molecular weight excluding hydrogens is 454 g/mol. The van der Waals surface area contributed by atoms with Gasteiger partial charge in [0.05, 0.1) is 29.9 Å². The Morgan fingerprint density at radius 2 is 1.68 bits per heavy atom. The van der Waals surface area contributed by atoms with E-state index < -0.39 is 18.0 Å². The van der Waals surface area contributed by atoms with Crippen molar-refractivity contribution in [2.24, 2.45) is 0 Å². The van der Waals surface area contributed by atoms with Crippen molar-refractivity contribution in [2.75, 3.05) is 38.0 Å². The highest BCUT2D eigenvalue weighted by molar-refractivity contribution is 7.80. The third-order valence-electron chi connectivity index (χ3n) is 5.27. The van der Waals surface area contributed by atoms with Gasteiger partial charge in [-0.3, -0.25) is 0 Å². The molecule has 2 amide bonds. The average Bonchev–Trinajstić information content (AvgIpc) is 2.83. The number of hydrogen-bond acceptors (Lipinski definition) is 6. The van der Waals surface area contributed by atoms with Crippen LogP contribution in [0.2, 0.25) is 0 Å². The number of nitriles is 1. The van der Waals surface area contributed by atoms with E-state index in [0.717, 1.165) is 5.56 Å². The molecule has 10 heteroatoms. The van der Waals surface area contributed by atoms with Crippen LogP contribution in [0.1, 0.15) is 24.1 Å². The number of nitrogens with one attached hydrogen (secondary N) is 3. The summed E-state index contributed by atoms with van der Waals surface area (Å²) in [5.41, 5.74) is 3.57. The van der Waals surface area contributed by atoms with E-state index in [1.165, 1.54) is 7.11 Å². The second-order valence-electron chi connectivity index (χ2n) is 7.46. The topological polar surface area (TPSA) is 116 Å². The fraction of sp³-hybridized carbons (Fsp3) is 0.250. The fourth-order valence-electron chi connectivity index (χ4n) is 3.33. The third kappa shape index (κ3) is 5.89. The number of carbonyl (C=O) groups excluding carboxylic acids is 2. The minimum Gasteiger partial charge on any atom is -0.460 e. The van der Waals surface area contributed by atoms with Crippen LogP contribution in [0.25, 0.3) is 0 Å². The zero-order valence-electron chi connectivity index (χ0n) is 19.0. The Kier molecular flexibility index (Phi) is 8.19. The van der Waals surface area contributed by atoms with Crippen LogP contribution in [-0.2, 0) is 14.3 Å². The number of esters is 1. The van der Waals surface area contributed by atoms with Crippen molar-refractivity contribution in [2.45, 2.75) is 13.0 Å². The number of hydrogen-bond donors (Lipinski definition) is 3. The summed E-state index contributed by atoms with van der Waals surface area (Å²) in [6.07, 6.45) is 0. The highest BCUT2D eigenvalue weighted by atomic mass is 32.1. The Hall–Kier alpha value is -3.94. The average molecular weight is 480 g/mol. The second kappa shape index (κ2) is 11.3. The van der Waals surface area contributed by atoms with Gasteiger partial charge >= 0.3 is 12.0 Å². The van der Waals surface area contributed by atoms with Crippen LogP contribution >= 0.6 is 12.2 Å². The highest BCUT2D eigenvalue weighted by Crippen LogP contribution is 2.31. The molecule has 0 radical (unpaired) electrons. The predicted octanol–water partition coefficient (Wildman–Crippen LogP) is 3.53. The van der Waals surface area contributed by atoms with Crippen molar-refractivity contribution in [3.63, 3.8) is 0 Å². The van der Waals surface area contributed by atoms with E-state index in [1.54, 1.807) is 60.5 Å². The third-order valence-corrected chi connectivity index (χ3v) is 5.66. The normalized spacial score (nSPS) is 15.3. The summed E-state index contributed by atoms with van der Waals surface area (Å²) in [4.78, 5) is 26.9. The summed E-state index contributed by atoms with van der Waals surface area (Å²) in [5, 5.41) is 18.0. The number of urea groups is 1. The smallest absolute Gasteiger partial charge is 0.338 e. The number of allylic oxidation sites excluding steroid dienone is 1. The van der Waals surface area contributed by atoms with Crippen LogP contribution in [0.3, 0.4) is 0 Å². The summed E-state index contributed by atoms with van der Waals surface area (Å²) in [7, 11) is 3.32. The molecule has 0 aromatic heterocycles. The number of carbonyl (C=O) groups is 2. The van der Waals surface area contributed by atoms with Gasteiger partial charge in [0.25, 0.3) is 0 Å². The van der Waals surface area contributed by atoms with Crippen molar-refractivity contribution in [3.8, 4) is 6.07 Å². The lowest BCUT2D eigenvalue weighted by Crippen LogP contribution is -2.46. The van der Waals surface area contributed by atoms with Crippen LogP contribution in [0.15, 0.2) is 59.8 Å². The number of anilines is 2. The minimum atomic E-state index is -0.500. The minimum absolute atomic E-state index is 0.143. The van der Waals surface area contributed by atoms with Crippen molar-refractivity contribution in [1.82, 2.24) is 10.2 Å². The van der Waals surface area contributed by atoms with Gasteiger partial charge in [0.2, 0.25) is 0 Å². The molecule has 0 saturated heterocycles. The zero-order valence-corrected chi connectivity index (χ0v) is 19.9. The molecule has 0 saturated carbocycles. The predicted molar refractivity (Wildman–Crippen MR) is 132 cm³/mol. The number of nitrogens with zero attached hydrogens (tertiary/aromatic N) is 2. The molecule has 0 fully saturated rings. The number of thiocarbonyl (C=S) groups is 1. The van der Waals surface area contributed by atoms with E-state index in [0.29, 0.717) is 39.9 Å². The first kappa shape index (κ1) is 24.7. The number of methoxy groups -OCH3 is 1. The molecule has 0 spiro atoms. The van der Waals surface area contributed by atoms with Crippen LogP contribution in [0, 0.1) is 11.3 Å². The zero-order chi connectivity index (χ0) is 24.7. The Bertz CT molecular complexity index is 1140. The maximum atomic E-state index is 12.8. The lowest BCUT2D eigenvalue weighted by molar-refractivity contribution is -0.140. The Morgan fingerprint density at radius 3 is 2.24 bits per heavy atom. The molecule has 9 nitrogen and oxygen atoms in total. The molecule has 2 aromatic carbocycles. The van der Waals surface area contributed by atoms with E-state index in [-0.39, 0.29) is 6.61 Å². The van der Waals surface area contributed by atoms with Gasteiger partial charge in [0, 0.05) is 31.2 Å². The number of amides is 2. The first-order valence-electron chi connectivity index (χ1n) is 10.4. The van der Waals surface area contributed by atoms with Crippen LogP contribution in [0.4, 0.5) is 16.2 Å². The molecule has 3 rings (SSSR count). The lowest BCUT2D eigenvalue weighted by Gasteiger charge is -2.35. The van der Waals surface area contributed by atoms with E-state index >= 15 is 0 Å². The number of benzene rings is 2. The number of rotatable bonds is 7. The van der Waals surface area contributed by atoms with Gasteiger partial charge in [0.15, 0.2) is 5.11 Å². The Labute approximate surface area is 203 Å². The van der Waals surface area contributed by atoms with E-state index in [4.69, 9.17) is 27.0 Å². The van der Waals surface area contributed by atoms with Gasteiger partial charge in [0.1, 0.15) is 6.61 Å². The molecule has 1 heterocycles. The van der Waals surface area contributed by atoms with Crippen LogP contribution in [0.5, 0.6) is 0 Å². The van der Waals surface area contributed by atoms with Crippen molar-refractivity contribution >= 4 is 40.7 Å². The monoisotopic (exact) mass is 479 g/mol. The van der Waals surface area contributed by atoms with Crippen molar-refractivity contribution in [3.05, 3.63) is 70.9 Å². The van der Waals surface area contributed by atoms with E-state index in [9.17, 15) is 9.59 Å². The molecule has 1 aliphatic heterocycles. The van der Waals surface area contributed by atoms with E-state index in [2.05, 4.69) is 16.0 Å². The molecule has 1 unspecified atom stereocenters. The van der Waals surface area contributed by atoms with Gasteiger partial charge in [-0.05, 0) is 61.1 Å². The van der Waals surface area contributed by atoms with Crippen LogP contribution in [-0.4, -0.2) is 49.4 Å². The van der Waals surface area contributed by atoms with Crippen molar-refractivity contribution in [1.29, 1.82) is 5.26 Å². The molecule has 2 aromatic rings. The van der Waals surface area contributed by atoms with Gasteiger partial charge in [-0.15, -0.1) is 0 Å². The molecule has 3 N–H and O–H groups in total. The first-order chi connectivity index (χ1) is 16.3.